The van der Waals surface area contributed by atoms with Gasteiger partial charge in [-0.2, -0.15) is 0 Å². The molecule has 3 amide bonds. The van der Waals surface area contributed by atoms with Gasteiger partial charge in [0.15, 0.2) is 5.54 Å². The molecule has 1 N–H and O–H groups in total. The van der Waals surface area contributed by atoms with Crippen molar-refractivity contribution >= 4 is 35.1 Å². The van der Waals surface area contributed by atoms with Crippen molar-refractivity contribution in [2.45, 2.75) is 12.5 Å². The molecule has 0 spiro atoms. The standard InChI is InChI=1S/C17H15Cl2N3O3/c1-17(14-4-2-3-7-20-14)15(23)22(16(24)21-17)8-9-25-13-6-5-11(18)10-12(13)19/h2-7,10H,8-9H2,1H3,(H,21,24). The molecule has 8 heteroatoms. The minimum Gasteiger partial charge on any atom is -0.490 e. The van der Waals surface area contributed by atoms with E-state index in [1.54, 1.807) is 49.5 Å². The molecule has 2 aromatic rings. The lowest BCUT2D eigenvalue weighted by Crippen LogP contribution is -2.42. The van der Waals surface area contributed by atoms with Crippen LogP contribution in [0.5, 0.6) is 5.75 Å². The van der Waals surface area contributed by atoms with E-state index in [1.807, 2.05) is 0 Å². The van der Waals surface area contributed by atoms with Crippen molar-refractivity contribution in [3.05, 3.63) is 58.3 Å². The highest BCUT2D eigenvalue weighted by molar-refractivity contribution is 6.35. The average molecular weight is 380 g/mol. The minimum atomic E-state index is -1.18. The highest BCUT2D eigenvalue weighted by Gasteiger charge is 2.49. The van der Waals surface area contributed by atoms with Gasteiger partial charge in [-0.15, -0.1) is 0 Å². The van der Waals surface area contributed by atoms with E-state index in [9.17, 15) is 9.59 Å². The average Bonchev–Trinajstić information content (AvgIpc) is 2.81. The maximum Gasteiger partial charge on any atom is 0.325 e. The Morgan fingerprint density at radius 3 is 2.72 bits per heavy atom. The Kier molecular flexibility index (Phi) is 4.83. The van der Waals surface area contributed by atoms with E-state index in [2.05, 4.69) is 10.3 Å². The summed E-state index contributed by atoms with van der Waals surface area (Å²) in [6.07, 6.45) is 1.58. The zero-order valence-corrected chi connectivity index (χ0v) is 14.8. The SMILES string of the molecule is CC1(c2ccccn2)NC(=O)N(CCOc2ccc(Cl)cc2Cl)C1=O. The van der Waals surface area contributed by atoms with Crippen molar-refractivity contribution < 1.29 is 14.3 Å². The van der Waals surface area contributed by atoms with Gasteiger partial charge >= 0.3 is 6.03 Å². The summed E-state index contributed by atoms with van der Waals surface area (Å²) in [5, 5.41) is 3.55. The van der Waals surface area contributed by atoms with Crippen molar-refractivity contribution in [2.75, 3.05) is 13.2 Å². The molecule has 0 radical (unpaired) electrons. The Morgan fingerprint density at radius 2 is 2.04 bits per heavy atom. The quantitative estimate of drug-likeness (QED) is 0.809. The zero-order chi connectivity index (χ0) is 18.0. The molecule has 1 unspecified atom stereocenters. The van der Waals surface area contributed by atoms with Gasteiger partial charge in [-0.25, -0.2) is 4.79 Å². The maximum atomic E-state index is 12.7. The number of benzene rings is 1. The molecule has 1 aromatic heterocycles. The molecule has 6 nitrogen and oxygen atoms in total. The van der Waals surface area contributed by atoms with Crippen molar-refractivity contribution in [2.24, 2.45) is 0 Å². The normalized spacial score (nSPS) is 19.9. The topological polar surface area (TPSA) is 71.5 Å². The number of nitrogens with zero attached hydrogens (tertiary/aromatic N) is 2. The molecule has 1 aliphatic heterocycles. The number of carbonyl (C=O) groups excluding carboxylic acids is 2. The molecule has 1 atom stereocenters. The molecule has 25 heavy (non-hydrogen) atoms. The third kappa shape index (κ3) is 3.41. The lowest BCUT2D eigenvalue weighted by molar-refractivity contribution is -0.131. The number of rotatable bonds is 5. The molecule has 3 rings (SSSR count). The third-order valence-electron chi connectivity index (χ3n) is 3.92. The van der Waals surface area contributed by atoms with E-state index in [4.69, 9.17) is 27.9 Å². The minimum absolute atomic E-state index is 0.0893. The van der Waals surface area contributed by atoms with Crippen molar-refractivity contribution in [1.82, 2.24) is 15.2 Å². The Bertz CT molecular complexity index is 816. The molecule has 2 heterocycles. The number of nitrogens with one attached hydrogen (secondary N) is 1. The van der Waals surface area contributed by atoms with Crippen LogP contribution >= 0.6 is 23.2 Å². The summed E-state index contributed by atoms with van der Waals surface area (Å²) in [4.78, 5) is 30.2. The molecule has 0 saturated carbocycles. The second kappa shape index (κ2) is 6.90. The predicted octanol–water partition coefficient (Wildman–Crippen LogP) is 3.23. The fraction of sp³-hybridized carbons (Fsp3) is 0.235. The number of halogens is 2. The van der Waals surface area contributed by atoms with Gasteiger partial charge < -0.3 is 10.1 Å². The first-order chi connectivity index (χ1) is 11.9. The van der Waals surface area contributed by atoms with E-state index in [-0.39, 0.29) is 19.1 Å². The van der Waals surface area contributed by atoms with E-state index >= 15 is 0 Å². The molecule has 0 aliphatic carbocycles. The highest BCUT2D eigenvalue weighted by atomic mass is 35.5. The van der Waals surface area contributed by atoms with Crippen LogP contribution in [-0.4, -0.2) is 35.0 Å². The van der Waals surface area contributed by atoms with Gasteiger partial charge in [-0.3, -0.25) is 14.7 Å². The van der Waals surface area contributed by atoms with Gasteiger partial charge in [0, 0.05) is 11.2 Å². The Balaban J connectivity index is 1.67. The molecule has 1 aromatic carbocycles. The summed E-state index contributed by atoms with van der Waals surface area (Å²) >= 11 is 11.9. The molecule has 1 saturated heterocycles. The molecular weight excluding hydrogens is 365 g/mol. The molecule has 0 bridgehead atoms. The smallest absolute Gasteiger partial charge is 0.325 e. The Morgan fingerprint density at radius 1 is 1.24 bits per heavy atom. The fourth-order valence-electron chi connectivity index (χ4n) is 2.57. The third-order valence-corrected chi connectivity index (χ3v) is 4.45. The van der Waals surface area contributed by atoms with Gasteiger partial charge in [-0.05, 0) is 37.3 Å². The molecule has 1 aliphatic rings. The molecule has 130 valence electrons. The number of pyridine rings is 1. The Hall–Kier alpha value is -2.31. The van der Waals surface area contributed by atoms with E-state index in [0.29, 0.717) is 21.5 Å². The summed E-state index contributed by atoms with van der Waals surface area (Å²) in [6.45, 7) is 1.83. The summed E-state index contributed by atoms with van der Waals surface area (Å²) in [6, 6.07) is 9.57. The summed E-state index contributed by atoms with van der Waals surface area (Å²) < 4.78 is 5.54. The van der Waals surface area contributed by atoms with Gasteiger partial charge in [0.25, 0.3) is 5.91 Å². The van der Waals surface area contributed by atoms with Gasteiger partial charge in [0.2, 0.25) is 0 Å². The van der Waals surface area contributed by atoms with Crippen molar-refractivity contribution in [3.8, 4) is 5.75 Å². The number of amides is 3. The van der Waals surface area contributed by atoms with Crippen LogP contribution in [-0.2, 0) is 10.3 Å². The Labute approximate surface area is 154 Å². The maximum absolute atomic E-state index is 12.7. The van der Waals surface area contributed by atoms with Crippen LogP contribution in [0, 0.1) is 0 Å². The lowest BCUT2D eigenvalue weighted by atomic mass is 9.97. The largest absolute Gasteiger partial charge is 0.490 e. The van der Waals surface area contributed by atoms with Crippen LogP contribution in [0.4, 0.5) is 4.79 Å². The first-order valence-electron chi connectivity index (χ1n) is 7.55. The monoisotopic (exact) mass is 379 g/mol. The van der Waals surface area contributed by atoms with Crippen LogP contribution < -0.4 is 10.1 Å². The number of aromatic nitrogens is 1. The number of urea groups is 1. The van der Waals surface area contributed by atoms with E-state index in [0.717, 1.165) is 4.90 Å². The zero-order valence-electron chi connectivity index (χ0n) is 13.3. The summed E-state index contributed by atoms with van der Waals surface area (Å²) in [7, 11) is 0. The van der Waals surface area contributed by atoms with Crippen LogP contribution in [0.1, 0.15) is 12.6 Å². The van der Waals surface area contributed by atoms with Crippen LogP contribution in [0.25, 0.3) is 0 Å². The lowest BCUT2D eigenvalue weighted by Gasteiger charge is -2.21. The second-order valence-corrected chi connectivity index (χ2v) is 6.49. The fourth-order valence-corrected chi connectivity index (χ4v) is 3.03. The summed E-state index contributed by atoms with van der Waals surface area (Å²) in [5.74, 6) is 0.0626. The molecule has 1 fully saturated rings. The van der Waals surface area contributed by atoms with Gasteiger partial charge in [0.05, 0.1) is 17.3 Å². The predicted molar refractivity (Wildman–Crippen MR) is 93.8 cm³/mol. The van der Waals surface area contributed by atoms with Crippen molar-refractivity contribution in [1.29, 1.82) is 0 Å². The van der Waals surface area contributed by atoms with Crippen LogP contribution in [0.2, 0.25) is 10.0 Å². The first kappa shape index (κ1) is 17.5. The first-order valence-corrected chi connectivity index (χ1v) is 8.31. The van der Waals surface area contributed by atoms with Crippen LogP contribution in [0.15, 0.2) is 42.6 Å². The van der Waals surface area contributed by atoms with Gasteiger partial charge in [0.1, 0.15) is 12.4 Å². The van der Waals surface area contributed by atoms with Gasteiger partial charge in [-0.1, -0.05) is 29.3 Å². The number of carbonyl (C=O) groups is 2. The number of hydrogen-bond donors (Lipinski definition) is 1. The number of imide groups is 1. The summed E-state index contributed by atoms with van der Waals surface area (Å²) in [5.41, 5.74) is -0.700. The van der Waals surface area contributed by atoms with E-state index in [1.165, 1.54) is 0 Å². The second-order valence-electron chi connectivity index (χ2n) is 5.65. The number of ether oxygens (including phenoxy) is 1. The highest BCUT2D eigenvalue weighted by Crippen LogP contribution is 2.29. The molecular formula is C17H15Cl2N3O3. The van der Waals surface area contributed by atoms with E-state index < -0.39 is 11.6 Å². The van der Waals surface area contributed by atoms with Crippen LogP contribution in [0.3, 0.4) is 0 Å². The van der Waals surface area contributed by atoms with Crippen molar-refractivity contribution in [3.63, 3.8) is 0 Å². The number of hydrogen-bond acceptors (Lipinski definition) is 4.